The summed E-state index contributed by atoms with van der Waals surface area (Å²) in [5.41, 5.74) is 2.03. The average molecular weight is 295 g/mol. The number of carbonyl (C=O) groups excluding carboxylic acids is 1. The molecule has 0 bridgehead atoms. The quantitative estimate of drug-likeness (QED) is 0.665. The zero-order valence-corrected chi connectivity index (χ0v) is 12.3. The minimum absolute atomic E-state index is 0.0150. The largest absolute Gasteiger partial charge is 0.493 e. The van der Waals surface area contributed by atoms with Gasteiger partial charge in [-0.3, -0.25) is 4.79 Å². The van der Waals surface area contributed by atoms with Crippen LogP contribution in [0.5, 0.6) is 5.75 Å². The van der Waals surface area contributed by atoms with E-state index < -0.39 is 12.1 Å². The molecule has 0 unspecified atom stereocenters. The van der Waals surface area contributed by atoms with Gasteiger partial charge >= 0.3 is 5.97 Å². The third-order valence-electron chi connectivity index (χ3n) is 3.01. The van der Waals surface area contributed by atoms with E-state index in [1.807, 2.05) is 32.0 Å². The van der Waals surface area contributed by atoms with Gasteiger partial charge in [0.1, 0.15) is 5.75 Å². The molecule has 1 rings (SSSR count). The Balaban J connectivity index is 2.26. The molecule has 6 nitrogen and oxygen atoms in total. The van der Waals surface area contributed by atoms with Crippen LogP contribution < -0.4 is 10.1 Å². The number of aliphatic hydroxyl groups excluding tert-OH is 1. The van der Waals surface area contributed by atoms with Gasteiger partial charge in [-0.1, -0.05) is 18.2 Å². The smallest absolute Gasteiger partial charge is 0.332 e. The minimum atomic E-state index is -1.45. The van der Waals surface area contributed by atoms with Crippen molar-refractivity contribution in [2.75, 3.05) is 13.2 Å². The van der Waals surface area contributed by atoms with Crippen molar-refractivity contribution in [1.29, 1.82) is 0 Å². The summed E-state index contributed by atoms with van der Waals surface area (Å²) >= 11 is 0. The third-order valence-corrected chi connectivity index (χ3v) is 3.01. The molecule has 0 spiro atoms. The number of nitrogens with one attached hydrogen (secondary N) is 1. The van der Waals surface area contributed by atoms with Crippen molar-refractivity contribution in [2.45, 2.75) is 32.8 Å². The number of carboxylic acids is 1. The average Bonchev–Trinajstić information content (AvgIpc) is 2.41. The highest BCUT2D eigenvalue weighted by molar-refractivity contribution is 5.76. The number of aryl methyl sites for hydroxylation is 2. The molecule has 0 radical (unpaired) electrons. The van der Waals surface area contributed by atoms with Crippen molar-refractivity contribution < 1.29 is 24.5 Å². The molecule has 21 heavy (non-hydrogen) atoms. The Morgan fingerprint density at radius 1 is 1.29 bits per heavy atom. The van der Waals surface area contributed by atoms with E-state index in [-0.39, 0.29) is 31.9 Å². The monoisotopic (exact) mass is 295 g/mol. The lowest BCUT2D eigenvalue weighted by Crippen LogP contribution is -2.30. The zero-order chi connectivity index (χ0) is 15.8. The van der Waals surface area contributed by atoms with Crippen LogP contribution in [0.25, 0.3) is 0 Å². The summed E-state index contributed by atoms with van der Waals surface area (Å²) in [6, 6.07) is 5.82. The van der Waals surface area contributed by atoms with Gasteiger partial charge in [0.15, 0.2) is 6.10 Å². The maximum Gasteiger partial charge on any atom is 0.332 e. The summed E-state index contributed by atoms with van der Waals surface area (Å²) in [6.07, 6.45) is -1.29. The molecule has 0 saturated carbocycles. The Morgan fingerprint density at radius 2 is 1.90 bits per heavy atom. The Kier molecular flexibility index (Phi) is 6.68. The number of aliphatic hydroxyl groups is 1. The molecule has 6 heteroatoms. The van der Waals surface area contributed by atoms with E-state index in [0.29, 0.717) is 0 Å². The molecule has 0 aliphatic heterocycles. The number of aliphatic carboxylic acids is 1. The van der Waals surface area contributed by atoms with Crippen molar-refractivity contribution in [1.82, 2.24) is 5.32 Å². The predicted molar refractivity (Wildman–Crippen MR) is 77.3 cm³/mol. The molecule has 0 aliphatic carbocycles. The van der Waals surface area contributed by atoms with Gasteiger partial charge < -0.3 is 20.3 Å². The lowest BCUT2D eigenvalue weighted by Gasteiger charge is -2.12. The van der Waals surface area contributed by atoms with Crippen LogP contribution in [0.1, 0.15) is 24.0 Å². The highest BCUT2D eigenvalue weighted by Gasteiger charge is 2.13. The Hall–Kier alpha value is -2.08. The van der Waals surface area contributed by atoms with Crippen LogP contribution in [0, 0.1) is 13.8 Å². The first-order valence-electron chi connectivity index (χ1n) is 6.78. The topological polar surface area (TPSA) is 95.9 Å². The van der Waals surface area contributed by atoms with Gasteiger partial charge in [-0.05, 0) is 25.0 Å². The zero-order valence-electron chi connectivity index (χ0n) is 12.3. The second-order valence-corrected chi connectivity index (χ2v) is 4.81. The molecule has 1 aromatic carbocycles. The second-order valence-electron chi connectivity index (χ2n) is 4.81. The summed E-state index contributed by atoms with van der Waals surface area (Å²) in [5, 5.41) is 20.1. The van der Waals surface area contributed by atoms with Crippen molar-refractivity contribution in [3.8, 4) is 5.75 Å². The van der Waals surface area contributed by atoms with Gasteiger partial charge in [-0.25, -0.2) is 4.79 Å². The van der Waals surface area contributed by atoms with E-state index in [9.17, 15) is 9.59 Å². The number of hydrogen-bond donors (Lipinski definition) is 3. The highest BCUT2D eigenvalue weighted by atomic mass is 16.5. The van der Waals surface area contributed by atoms with Crippen LogP contribution in [0.15, 0.2) is 18.2 Å². The molecule has 0 fully saturated rings. The lowest BCUT2D eigenvalue weighted by atomic mass is 10.1. The number of carboxylic acid groups (broad SMARTS) is 1. The lowest BCUT2D eigenvalue weighted by molar-refractivity contribution is -0.147. The van der Waals surface area contributed by atoms with Gasteiger partial charge in [0, 0.05) is 13.0 Å². The van der Waals surface area contributed by atoms with Crippen LogP contribution in [-0.4, -0.2) is 41.3 Å². The van der Waals surface area contributed by atoms with E-state index in [1.54, 1.807) is 0 Å². The fourth-order valence-electron chi connectivity index (χ4n) is 1.83. The van der Waals surface area contributed by atoms with E-state index in [4.69, 9.17) is 14.9 Å². The molecular weight excluding hydrogens is 274 g/mol. The van der Waals surface area contributed by atoms with Crippen molar-refractivity contribution >= 4 is 11.9 Å². The standard InChI is InChI=1S/C15H21NO5/c1-10-4-3-5-11(2)14(10)21-9-7-13(18)16-8-6-12(17)15(19)20/h3-5,12,17H,6-9H2,1-2H3,(H,16,18)(H,19,20)/t12-/m0/s1. The number of para-hydroxylation sites is 1. The number of benzene rings is 1. The molecule has 0 heterocycles. The van der Waals surface area contributed by atoms with Gasteiger partial charge in [0.2, 0.25) is 5.91 Å². The van der Waals surface area contributed by atoms with E-state index >= 15 is 0 Å². The highest BCUT2D eigenvalue weighted by Crippen LogP contribution is 2.22. The summed E-state index contributed by atoms with van der Waals surface area (Å²) in [4.78, 5) is 21.9. The van der Waals surface area contributed by atoms with Crippen molar-refractivity contribution in [3.05, 3.63) is 29.3 Å². The third kappa shape index (κ3) is 5.83. The molecule has 1 aromatic rings. The van der Waals surface area contributed by atoms with Gasteiger partial charge in [-0.2, -0.15) is 0 Å². The molecule has 0 aromatic heterocycles. The molecular formula is C15H21NO5. The summed E-state index contributed by atoms with van der Waals surface area (Å²) in [5.74, 6) is -0.743. The Bertz CT molecular complexity index is 481. The van der Waals surface area contributed by atoms with Gasteiger partial charge in [0.05, 0.1) is 13.0 Å². The van der Waals surface area contributed by atoms with Gasteiger partial charge in [-0.15, -0.1) is 0 Å². The van der Waals surface area contributed by atoms with Crippen molar-refractivity contribution in [2.24, 2.45) is 0 Å². The number of rotatable bonds is 8. The maximum absolute atomic E-state index is 11.5. The molecule has 1 atom stereocenters. The van der Waals surface area contributed by atoms with Crippen molar-refractivity contribution in [3.63, 3.8) is 0 Å². The van der Waals surface area contributed by atoms with Crippen LogP contribution in [0.4, 0.5) is 0 Å². The predicted octanol–water partition coefficient (Wildman–Crippen LogP) is 1.02. The first-order chi connectivity index (χ1) is 9.91. The number of carbonyl (C=O) groups is 2. The second kappa shape index (κ2) is 8.26. The molecule has 116 valence electrons. The van der Waals surface area contributed by atoms with E-state index in [1.165, 1.54) is 0 Å². The van der Waals surface area contributed by atoms with Crippen LogP contribution in [0.2, 0.25) is 0 Å². The van der Waals surface area contributed by atoms with Crippen LogP contribution in [0.3, 0.4) is 0 Å². The maximum atomic E-state index is 11.5. The molecule has 0 aliphatic rings. The fourth-order valence-corrected chi connectivity index (χ4v) is 1.83. The SMILES string of the molecule is Cc1cccc(C)c1OCCC(=O)NCC[C@H](O)C(=O)O. The van der Waals surface area contributed by atoms with E-state index in [0.717, 1.165) is 16.9 Å². The van der Waals surface area contributed by atoms with Crippen LogP contribution >= 0.6 is 0 Å². The molecule has 1 amide bonds. The summed E-state index contributed by atoms with van der Waals surface area (Å²) in [7, 11) is 0. The summed E-state index contributed by atoms with van der Waals surface area (Å²) < 4.78 is 5.60. The summed E-state index contributed by atoms with van der Waals surface area (Å²) in [6.45, 7) is 4.25. The van der Waals surface area contributed by atoms with Gasteiger partial charge in [0.25, 0.3) is 0 Å². The normalized spacial score (nSPS) is 11.8. The fraction of sp³-hybridized carbons (Fsp3) is 0.467. The minimum Gasteiger partial charge on any atom is -0.493 e. The van der Waals surface area contributed by atoms with E-state index in [2.05, 4.69) is 5.32 Å². The first kappa shape index (κ1) is 17.0. The first-order valence-corrected chi connectivity index (χ1v) is 6.78. The molecule has 3 N–H and O–H groups in total. The van der Waals surface area contributed by atoms with Crippen LogP contribution in [-0.2, 0) is 9.59 Å². The number of amides is 1. The number of hydrogen-bond acceptors (Lipinski definition) is 4. The number of ether oxygens (including phenoxy) is 1. The Labute approximate surface area is 123 Å². The molecule has 0 saturated heterocycles. The Morgan fingerprint density at radius 3 is 2.48 bits per heavy atom.